The Bertz CT molecular complexity index is 694. The van der Waals surface area contributed by atoms with Crippen LogP contribution in [0.25, 0.3) is 0 Å². The summed E-state index contributed by atoms with van der Waals surface area (Å²) < 4.78 is 6.32. The van der Waals surface area contributed by atoms with Crippen LogP contribution in [0.5, 0.6) is 5.75 Å². The van der Waals surface area contributed by atoms with Crippen LogP contribution in [0.15, 0.2) is 18.2 Å². The Balaban J connectivity index is 1.47. The van der Waals surface area contributed by atoms with Gasteiger partial charge in [-0.1, -0.05) is 52.2 Å². The highest BCUT2D eigenvalue weighted by Crippen LogP contribution is 2.57. The lowest BCUT2D eigenvalue weighted by Gasteiger charge is -2.61. The smallest absolute Gasteiger partial charge is 0.119 e. The van der Waals surface area contributed by atoms with Crippen molar-refractivity contribution in [3.63, 3.8) is 0 Å². The molecule has 1 aromatic rings. The van der Waals surface area contributed by atoms with E-state index in [1.165, 1.54) is 43.2 Å². The van der Waals surface area contributed by atoms with E-state index in [1.807, 2.05) is 12.1 Å². The summed E-state index contributed by atoms with van der Waals surface area (Å²) in [6.07, 6.45) is 9.22. The van der Waals surface area contributed by atoms with Crippen LogP contribution in [-0.4, -0.2) is 41.8 Å². The number of likely N-dealkylation sites (tertiary alicyclic amines) is 1. The molecule has 1 unspecified atom stereocenters. The minimum Gasteiger partial charge on any atom is -0.508 e. The molecule has 28 heavy (non-hydrogen) atoms. The maximum absolute atomic E-state index is 10.5. The van der Waals surface area contributed by atoms with Crippen molar-refractivity contribution in [3.8, 4) is 5.75 Å². The monoisotopic (exact) mass is 385 g/mol. The molecule has 2 aliphatic carbocycles. The van der Waals surface area contributed by atoms with Crippen molar-refractivity contribution < 1.29 is 9.84 Å². The first-order valence-electron chi connectivity index (χ1n) is 11.5. The average Bonchev–Trinajstić information content (AvgIpc) is 2.67. The van der Waals surface area contributed by atoms with E-state index in [9.17, 15) is 5.11 Å². The Morgan fingerprint density at radius 1 is 1.18 bits per heavy atom. The Kier molecular flexibility index (Phi) is 5.52. The molecule has 1 N–H and O–H groups in total. The van der Waals surface area contributed by atoms with Crippen molar-refractivity contribution in [1.82, 2.24) is 4.90 Å². The van der Waals surface area contributed by atoms with Gasteiger partial charge in [-0.25, -0.2) is 0 Å². The topological polar surface area (TPSA) is 32.7 Å². The second-order valence-corrected chi connectivity index (χ2v) is 10.5. The largest absolute Gasteiger partial charge is 0.508 e. The SMILES string of the molecule is C[C@@H](CN1CCC2(C)c3cccc(O)c3C[C@@H]1C2(C)C)OCC1CCCCC1. The van der Waals surface area contributed by atoms with Crippen molar-refractivity contribution >= 4 is 0 Å². The first kappa shape index (κ1) is 20.2. The van der Waals surface area contributed by atoms with E-state index in [0.717, 1.165) is 38.5 Å². The highest BCUT2D eigenvalue weighted by molar-refractivity contribution is 5.48. The number of ether oxygens (including phenoxy) is 1. The van der Waals surface area contributed by atoms with Gasteiger partial charge in [0.05, 0.1) is 6.10 Å². The van der Waals surface area contributed by atoms with Gasteiger partial charge in [0.1, 0.15) is 5.75 Å². The molecular formula is C25H39NO2. The van der Waals surface area contributed by atoms with Crippen LogP contribution in [0.4, 0.5) is 0 Å². The molecule has 1 saturated heterocycles. The average molecular weight is 386 g/mol. The molecule has 0 radical (unpaired) electrons. The van der Waals surface area contributed by atoms with E-state index in [-0.39, 0.29) is 16.9 Å². The van der Waals surface area contributed by atoms with Gasteiger partial charge in [0.15, 0.2) is 0 Å². The normalized spacial score (nSPS) is 31.4. The number of fused-ring (bicyclic) bond motifs is 4. The summed E-state index contributed by atoms with van der Waals surface area (Å²) in [5, 5.41) is 10.5. The van der Waals surface area contributed by atoms with Gasteiger partial charge in [0, 0.05) is 24.6 Å². The van der Waals surface area contributed by atoms with Crippen LogP contribution < -0.4 is 0 Å². The number of benzene rings is 1. The van der Waals surface area contributed by atoms with Crippen LogP contribution in [0, 0.1) is 11.3 Å². The van der Waals surface area contributed by atoms with Gasteiger partial charge in [-0.15, -0.1) is 0 Å². The zero-order valence-electron chi connectivity index (χ0n) is 18.3. The second kappa shape index (κ2) is 7.65. The van der Waals surface area contributed by atoms with Crippen LogP contribution >= 0.6 is 0 Å². The molecule has 3 aliphatic rings. The maximum atomic E-state index is 10.5. The van der Waals surface area contributed by atoms with Gasteiger partial charge < -0.3 is 9.84 Å². The first-order chi connectivity index (χ1) is 13.3. The molecule has 156 valence electrons. The van der Waals surface area contributed by atoms with Crippen molar-refractivity contribution in [2.24, 2.45) is 11.3 Å². The number of aromatic hydroxyl groups is 1. The third kappa shape index (κ3) is 3.39. The Morgan fingerprint density at radius 2 is 1.93 bits per heavy atom. The van der Waals surface area contributed by atoms with Crippen molar-refractivity contribution in [1.29, 1.82) is 0 Å². The van der Waals surface area contributed by atoms with Crippen molar-refractivity contribution in [2.45, 2.75) is 90.2 Å². The van der Waals surface area contributed by atoms with E-state index in [2.05, 4.69) is 38.7 Å². The zero-order chi connectivity index (χ0) is 19.9. The molecule has 3 atom stereocenters. The second-order valence-electron chi connectivity index (χ2n) is 10.5. The highest BCUT2D eigenvalue weighted by atomic mass is 16.5. The van der Waals surface area contributed by atoms with E-state index < -0.39 is 0 Å². The predicted octanol–water partition coefficient (Wildman–Crippen LogP) is 5.29. The Labute approximate surface area is 171 Å². The van der Waals surface area contributed by atoms with Gasteiger partial charge in [0.2, 0.25) is 0 Å². The van der Waals surface area contributed by atoms with E-state index in [4.69, 9.17) is 4.74 Å². The number of hydrogen-bond acceptors (Lipinski definition) is 3. The molecule has 3 heteroatoms. The molecule has 1 saturated carbocycles. The molecule has 1 heterocycles. The van der Waals surface area contributed by atoms with Gasteiger partial charge in [-0.2, -0.15) is 0 Å². The summed E-state index contributed by atoms with van der Waals surface area (Å²) >= 11 is 0. The van der Waals surface area contributed by atoms with E-state index >= 15 is 0 Å². The van der Waals surface area contributed by atoms with Crippen LogP contribution in [0.1, 0.15) is 77.3 Å². The quantitative estimate of drug-likeness (QED) is 0.747. The number of hydrogen-bond donors (Lipinski definition) is 1. The Hall–Kier alpha value is -1.06. The third-order valence-corrected chi connectivity index (χ3v) is 8.57. The summed E-state index contributed by atoms with van der Waals surface area (Å²) in [5.41, 5.74) is 2.84. The summed E-state index contributed by atoms with van der Waals surface area (Å²) in [6.45, 7) is 12.6. The number of phenolic OH excluding ortho intramolecular Hbond substituents is 1. The molecule has 2 fully saturated rings. The Morgan fingerprint density at radius 3 is 2.68 bits per heavy atom. The van der Waals surface area contributed by atoms with Gasteiger partial charge in [-0.3, -0.25) is 4.90 Å². The van der Waals surface area contributed by atoms with Crippen molar-refractivity contribution in [2.75, 3.05) is 19.7 Å². The predicted molar refractivity (Wildman–Crippen MR) is 115 cm³/mol. The molecule has 2 bridgehead atoms. The first-order valence-corrected chi connectivity index (χ1v) is 11.5. The van der Waals surface area contributed by atoms with Gasteiger partial charge >= 0.3 is 0 Å². The molecular weight excluding hydrogens is 346 g/mol. The van der Waals surface area contributed by atoms with E-state index in [0.29, 0.717) is 11.8 Å². The zero-order valence-corrected chi connectivity index (χ0v) is 18.3. The fourth-order valence-electron chi connectivity index (χ4n) is 6.29. The van der Waals surface area contributed by atoms with Crippen LogP contribution in [-0.2, 0) is 16.6 Å². The molecule has 0 spiro atoms. The highest BCUT2D eigenvalue weighted by Gasteiger charge is 2.56. The van der Waals surface area contributed by atoms with E-state index in [1.54, 1.807) is 0 Å². The van der Waals surface area contributed by atoms with Crippen molar-refractivity contribution in [3.05, 3.63) is 29.3 Å². The third-order valence-electron chi connectivity index (χ3n) is 8.57. The maximum Gasteiger partial charge on any atom is 0.119 e. The lowest BCUT2D eigenvalue weighted by atomic mass is 9.51. The molecule has 1 aromatic carbocycles. The number of nitrogens with zero attached hydrogens (tertiary/aromatic N) is 1. The molecule has 1 aliphatic heterocycles. The van der Waals surface area contributed by atoms with Crippen LogP contribution in [0.2, 0.25) is 0 Å². The summed E-state index contributed by atoms with van der Waals surface area (Å²) in [6, 6.07) is 6.58. The minimum absolute atomic E-state index is 0.118. The lowest BCUT2D eigenvalue weighted by molar-refractivity contribution is -0.0671. The summed E-state index contributed by atoms with van der Waals surface area (Å²) in [5.74, 6) is 1.25. The minimum atomic E-state index is 0.118. The molecule has 0 aromatic heterocycles. The van der Waals surface area contributed by atoms with Crippen LogP contribution in [0.3, 0.4) is 0 Å². The molecule has 3 nitrogen and oxygen atoms in total. The van der Waals surface area contributed by atoms with Gasteiger partial charge in [-0.05, 0) is 67.7 Å². The molecule has 0 amide bonds. The standard InChI is InChI=1S/C25H39NO2/c1-18(28-17-19-9-6-5-7-10-19)16-26-14-13-25(4)21-11-8-12-22(27)20(21)15-23(26)24(25,2)3/h8,11-12,18-19,23,27H,5-7,9-10,13-17H2,1-4H3/t18-,23+,25?/m0/s1. The number of rotatable bonds is 5. The number of piperidine rings is 1. The lowest BCUT2D eigenvalue weighted by Crippen LogP contribution is -2.64. The van der Waals surface area contributed by atoms with Gasteiger partial charge in [0.25, 0.3) is 0 Å². The summed E-state index contributed by atoms with van der Waals surface area (Å²) in [7, 11) is 0. The fraction of sp³-hybridized carbons (Fsp3) is 0.760. The summed E-state index contributed by atoms with van der Waals surface area (Å²) in [4.78, 5) is 2.66. The molecule has 4 rings (SSSR count). The number of phenols is 1. The fourth-order valence-corrected chi connectivity index (χ4v) is 6.29.